The second-order valence-corrected chi connectivity index (χ2v) is 3.18. The predicted octanol–water partition coefficient (Wildman–Crippen LogP) is 2.61. The van der Waals surface area contributed by atoms with Crippen molar-refractivity contribution in [3.05, 3.63) is 39.4 Å². The Morgan fingerprint density at radius 3 is 2.57 bits per heavy atom. The highest BCUT2D eigenvalue weighted by Crippen LogP contribution is 2.23. The van der Waals surface area contributed by atoms with Crippen LogP contribution in [0.15, 0.2) is 18.2 Å². The molecule has 0 amide bonds. The minimum atomic E-state index is -0.378. The maximum atomic E-state index is 10.5. The summed E-state index contributed by atoms with van der Waals surface area (Å²) in [5, 5.41) is 10.5. The van der Waals surface area contributed by atoms with Crippen LogP contribution in [-0.2, 0) is 4.74 Å². The van der Waals surface area contributed by atoms with Gasteiger partial charge in [0.1, 0.15) is 0 Å². The first-order valence-electron chi connectivity index (χ1n) is 4.34. The van der Waals surface area contributed by atoms with Crippen molar-refractivity contribution in [3.8, 4) is 0 Å². The van der Waals surface area contributed by atoms with E-state index in [-0.39, 0.29) is 16.7 Å². The number of nitro benzene ring substituents is 1. The van der Waals surface area contributed by atoms with Crippen LogP contribution >= 0.6 is 0 Å². The lowest BCUT2D eigenvalue weighted by atomic mass is 10.1. The molecule has 0 aliphatic carbocycles. The molecule has 0 heterocycles. The zero-order valence-electron chi connectivity index (χ0n) is 8.48. The molecule has 1 unspecified atom stereocenters. The van der Waals surface area contributed by atoms with Crippen molar-refractivity contribution in [2.45, 2.75) is 20.0 Å². The summed E-state index contributed by atoms with van der Waals surface area (Å²) in [6.07, 6.45) is -0.0329. The van der Waals surface area contributed by atoms with Crippen molar-refractivity contribution in [3.63, 3.8) is 0 Å². The molecule has 1 atom stereocenters. The van der Waals surface area contributed by atoms with Crippen LogP contribution in [0, 0.1) is 17.0 Å². The Balaban J connectivity index is 3.06. The highest BCUT2D eigenvalue weighted by Gasteiger charge is 2.12. The average molecular weight is 195 g/mol. The summed E-state index contributed by atoms with van der Waals surface area (Å²) < 4.78 is 5.12. The first kappa shape index (κ1) is 10.7. The third-order valence-electron chi connectivity index (χ3n) is 2.24. The van der Waals surface area contributed by atoms with Crippen molar-refractivity contribution < 1.29 is 9.66 Å². The van der Waals surface area contributed by atoms with E-state index in [4.69, 9.17) is 4.74 Å². The van der Waals surface area contributed by atoms with Gasteiger partial charge in [0.2, 0.25) is 0 Å². The molecule has 1 rings (SSSR count). The van der Waals surface area contributed by atoms with Crippen LogP contribution < -0.4 is 0 Å². The second-order valence-electron chi connectivity index (χ2n) is 3.18. The molecule has 0 N–H and O–H groups in total. The molecule has 0 aromatic heterocycles. The lowest BCUT2D eigenvalue weighted by Crippen LogP contribution is -1.98. The monoisotopic (exact) mass is 195 g/mol. The van der Waals surface area contributed by atoms with E-state index < -0.39 is 0 Å². The van der Waals surface area contributed by atoms with Crippen molar-refractivity contribution in [2.24, 2.45) is 0 Å². The first-order valence-corrected chi connectivity index (χ1v) is 4.34. The molecule has 0 saturated carbocycles. The van der Waals surface area contributed by atoms with Gasteiger partial charge in [-0.2, -0.15) is 0 Å². The van der Waals surface area contributed by atoms with E-state index in [9.17, 15) is 10.1 Å². The molecule has 76 valence electrons. The third-order valence-corrected chi connectivity index (χ3v) is 2.24. The van der Waals surface area contributed by atoms with E-state index in [2.05, 4.69) is 0 Å². The van der Waals surface area contributed by atoms with Gasteiger partial charge >= 0.3 is 0 Å². The molecular formula is C10H13NO3. The smallest absolute Gasteiger partial charge is 0.272 e. The highest BCUT2D eigenvalue weighted by molar-refractivity contribution is 5.42. The molecule has 0 aliphatic heterocycles. The van der Waals surface area contributed by atoms with Crippen molar-refractivity contribution in [1.82, 2.24) is 0 Å². The molecule has 0 saturated heterocycles. The maximum absolute atomic E-state index is 10.5. The molecule has 4 nitrogen and oxygen atoms in total. The Labute approximate surface area is 82.7 Å². The quantitative estimate of drug-likeness (QED) is 0.550. The van der Waals surface area contributed by atoms with E-state index in [0.29, 0.717) is 5.56 Å². The van der Waals surface area contributed by atoms with Crippen molar-refractivity contribution >= 4 is 5.69 Å². The van der Waals surface area contributed by atoms with Gasteiger partial charge in [0.15, 0.2) is 0 Å². The summed E-state index contributed by atoms with van der Waals surface area (Å²) in [4.78, 5) is 10.2. The summed E-state index contributed by atoms with van der Waals surface area (Å²) in [5.74, 6) is 0. The van der Waals surface area contributed by atoms with Crippen LogP contribution in [0.1, 0.15) is 24.2 Å². The number of ether oxygens (including phenoxy) is 1. The molecule has 1 aromatic rings. The van der Waals surface area contributed by atoms with Crippen LogP contribution in [0.4, 0.5) is 5.69 Å². The summed E-state index contributed by atoms with van der Waals surface area (Å²) in [6.45, 7) is 3.63. The standard InChI is InChI=1S/C10H13NO3/c1-7-6-9(8(2)14-3)4-5-10(7)11(12)13/h4-6,8H,1-3H3. The van der Waals surface area contributed by atoms with Crippen LogP contribution in [-0.4, -0.2) is 12.0 Å². The third kappa shape index (κ3) is 2.09. The predicted molar refractivity (Wildman–Crippen MR) is 53.3 cm³/mol. The second kappa shape index (κ2) is 4.19. The number of aryl methyl sites for hydroxylation is 1. The first-order chi connectivity index (χ1) is 6.56. The fourth-order valence-electron chi connectivity index (χ4n) is 1.27. The Morgan fingerprint density at radius 2 is 2.14 bits per heavy atom. The number of benzene rings is 1. The van der Waals surface area contributed by atoms with Gasteiger partial charge in [-0.3, -0.25) is 10.1 Å². The summed E-state index contributed by atoms with van der Waals surface area (Å²) in [6, 6.07) is 5.02. The molecule has 4 heteroatoms. The lowest BCUT2D eigenvalue weighted by Gasteiger charge is -2.10. The van der Waals surface area contributed by atoms with Crippen molar-refractivity contribution in [1.29, 1.82) is 0 Å². The number of hydrogen-bond acceptors (Lipinski definition) is 3. The molecule has 0 aliphatic rings. The minimum Gasteiger partial charge on any atom is -0.377 e. The number of methoxy groups -OCH3 is 1. The zero-order chi connectivity index (χ0) is 10.7. The molecular weight excluding hydrogens is 182 g/mol. The van der Waals surface area contributed by atoms with Crippen molar-refractivity contribution in [2.75, 3.05) is 7.11 Å². The number of nitro groups is 1. The molecule has 14 heavy (non-hydrogen) atoms. The largest absolute Gasteiger partial charge is 0.377 e. The lowest BCUT2D eigenvalue weighted by molar-refractivity contribution is -0.385. The van der Waals surface area contributed by atoms with Gasteiger partial charge in [-0.25, -0.2) is 0 Å². The Morgan fingerprint density at radius 1 is 1.50 bits per heavy atom. The fourth-order valence-corrected chi connectivity index (χ4v) is 1.27. The topological polar surface area (TPSA) is 52.4 Å². The van der Waals surface area contributed by atoms with Crippen LogP contribution in [0.3, 0.4) is 0 Å². The number of hydrogen-bond donors (Lipinski definition) is 0. The van der Waals surface area contributed by atoms with E-state index in [1.54, 1.807) is 26.2 Å². The summed E-state index contributed by atoms with van der Waals surface area (Å²) >= 11 is 0. The number of nitrogens with zero attached hydrogens (tertiary/aromatic N) is 1. The Hall–Kier alpha value is -1.42. The molecule has 0 radical (unpaired) electrons. The van der Waals surface area contributed by atoms with Gasteiger partial charge in [-0.1, -0.05) is 0 Å². The molecule has 0 spiro atoms. The summed E-state index contributed by atoms with van der Waals surface area (Å²) in [5.41, 5.74) is 1.77. The Bertz CT molecular complexity index is 349. The van der Waals surface area contributed by atoms with Gasteiger partial charge in [-0.05, 0) is 31.5 Å². The highest BCUT2D eigenvalue weighted by atomic mass is 16.6. The van der Waals surface area contributed by atoms with Gasteiger partial charge in [0.25, 0.3) is 5.69 Å². The van der Waals surface area contributed by atoms with Gasteiger partial charge in [0.05, 0.1) is 11.0 Å². The molecule has 1 aromatic carbocycles. The van der Waals surface area contributed by atoms with E-state index in [1.807, 2.05) is 6.92 Å². The number of rotatable bonds is 3. The van der Waals surface area contributed by atoms with E-state index in [0.717, 1.165) is 5.56 Å². The normalized spacial score (nSPS) is 12.5. The molecule has 0 bridgehead atoms. The Kier molecular flexibility index (Phi) is 3.19. The SMILES string of the molecule is COC(C)c1ccc([N+](=O)[O-])c(C)c1. The van der Waals surface area contributed by atoms with Crippen LogP contribution in [0.25, 0.3) is 0 Å². The fraction of sp³-hybridized carbons (Fsp3) is 0.400. The van der Waals surface area contributed by atoms with Gasteiger partial charge in [-0.15, -0.1) is 0 Å². The van der Waals surface area contributed by atoms with E-state index >= 15 is 0 Å². The molecule has 0 fully saturated rings. The van der Waals surface area contributed by atoms with Crippen LogP contribution in [0.5, 0.6) is 0 Å². The maximum Gasteiger partial charge on any atom is 0.272 e. The van der Waals surface area contributed by atoms with Crippen LogP contribution in [0.2, 0.25) is 0 Å². The average Bonchev–Trinajstić information content (AvgIpc) is 2.15. The minimum absolute atomic E-state index is 0.0329. The van der Waals surface area contributed by atoms with Gasteiger partial charge < -0.3 is 4.74 Å². The summed E-state index contributed by atoms with van der Waals surface area (Å²) in [7, 11) is 1.61. The van der Waals surface area contributed by atoms with E-state index in [1.165, 1.54) is 6.07 Å². The van der Waals surface area contributed by atoms with Gasteiger partial charge in [0, 0.05) is 18.7 Å². The zero-order valence-corrected chi connectivity index (χ0v) is 8.48.